The number of benzene rings is 1. The molecule has 1 fully saturated rings. The first-order valence-corrected chi connectivity index (χ1v) is 9.62. The molecule has 0 saturated carbocycles. The number of rotatable bonds is 3. The van der Waals surface area contributed by atoms with Gasteiger partial charge in [0.1, 0.15) is 6.61 Å². The lowest BCUT2D eigenvalue weighted by Gasteiger charge is -2.43. The Bertz CT molecular complexity index is 962. The maximum Gasteiger partial charge on any atom is 0.250 e. The standard InChI is InChI=1S/C22H24N2O3/c1-26-20-6-2-4-17-9-16(14-27-22(17)20)11-23-10-15-8-18(13-23)19-5-3-7-21(25)24(19)12-15/h2-7,9,15,18H,8,10-14H2,1H3/t15-,18-/m0/s1. The van der Waals surface area contributed by atoms with E-state index in [4.69, 9.17) is 9.47 Å². The number of methoxy groups -OCH3 is 1. The molecule has 5 heteroatoms. The topological polar surface area (TPSA) is 43.7 Å². The van der Waals surface area contributed by atoms with Crippen LogP contribution in [0.25, 0.3) is 6.08 Å². The average Bonchev–Trinajstić information content (AvgIpc) is 2.68. The molecule has 4 heterocycles. The molecule has 0 radical (unpaired) electrons. The van der Waals surface area contributed by atoms with Gasteiger partial charge in [0.05, 0.1) is 7.11 Å². The van der Waals surface area contributed by atoms with Crippen LogP contribution >= 0.6 is 0 Å². The SMILES string of the molecule is COc1cccc2c1OCC(CN1C[C@@H]3C[C@@H](C1)c1cccc(=O)n1C3)=C2. The maximum absolute atomic E-state index is 12.2. The molecule has 0 N–H and O–H groups in total. The van der Waals surface area contributed by atoms with Gasteiger partial charge in [-0.05, 0) is 36.1 Å². The number of likely N-dealkylation sites (tertiary alicyclic amines) is 1. The molecule has 2 bridgehead atoms. The Morgan fingerprint density at radius 1 is 1.15 bits per heavy atom. The lowest BCUT2D eigenvalue weighted by atomic mass is 9.83. The summed E-state index contributed by atoms with van der Waals surface area (Å²) in [7, 11) is 1.67. The van der Waals surface area contributed by atoms with E-state index in [2.05, 4.69) is 23.1 Å². The van der Waals surface area contributed by atoms with E-state index in [0.29, 0.717) is 18.4 Å². The fourth-order valence-electron chi connectivity index (χ4n) is 4.89. The molecule has 0 spiro atoms. The second-order valence-corrected chi connectivity index (χ2v) is 7.86. The second-order valence-electron chi connectivity index (χ2n) is 7.86. The number of hydrogen-bond donors (Lipinski definition) is 0. The monoisotopic (exact) mass is 364 g/mol. The molecule has 3 aliphatic heterocycles. The zero-order chi connectivity index (χ0) is 18.4. The van der Waals surface area contributed by atoms with E-state index < -0.39 is 0 Å². The summed E-state index contributed by atoms with van der Waals surface area (Å²) in [5.74, 6) is 2.63. The summed E-state index contributed by atoms with van der Waals surface area (Å²) < 4.78 is 13.4. The minimum absolute atomic E-state index is 0.143. The van der Waals surface area contributed by atoms with Crippen molar-refractivity contribution in [1.29, 1.82) is 0 Å². The van der Waals surface area contributed by atoms with Gasteiger partial charge in [-0.2, -0.15) is 0 Å². The predicted molar refractivity (Wildman–Crippen MR) is 104 cm³/mol. The van der Waals surface area contributed by atoms with Crippen molar-refractivity contribution in [3.8, 4) is 11.5 Å². The third-order valence-electron chi connectivity index (χ3n) is 5.97. The number of pyridine rings is 1. The first kappa shape index (κ1) is 16.6. The molecule has 2 atom stereocenters. The minimum atomic E-state index is 0.143. The van der Waals surface area contributed by atoms with Crippen molar-refractivity contribution >= 4 is 6.08 Å². The highest BCUT2D eigenvalue weighted by Crippen LogP contribution is 2.37. The van der Waals surface area contributed by atoms with Gasteiger partial charge >= 0.3 is 0 Å². The fourth-order valence-corrected chi connectivity index (χ4v) is 4.89. The largest absolute Gasteiger partial charge is 0.493 e. The summed E-state index contributed by atoms with van der Waals surface area (Å²) in [4.78, 5) is 14.7. The molecule has 1 aromatic carbocycles. The summed E-state index contributed by atoms with van der Waals surface area (Å²) in [5, 5.41) is 0. The van der Waals surface area contributed by atoms with Crippen LogP contribution in [0.4, 0.5) is 0 Å². The van der Waals surface area contributed by atoms with Crippen molar-refractivity contribution in [2.24, 2.45) is 5.92 Å². The number of aromatic nitrogens is 1. The number of fused-ring (bicyclic) bond motifs is 5. The normalized spacial score (nSPS) is 23.7. The van der Waals surface area contributed by atoms with E-state index in [0.717, 1.165) is 43.2 Å². The lowest BCUT2D eigenvalue weighted by Crippen LogP contribution is -2.47. The number of ether oxygens (including phenoxy) is 2. The minimum Gasteiger partial charge on any atom is -0.493 e. The van der Waals surface area contributed by atoms with Crippen LogP contribution in [0.3, 0.4) is 0 Å². The van der Waals surface area contributed by atoms with Crippen LogP contribution in [0.15, 0.2) is 46.8 Å². The number of para-hydroxylation sites is 1. The van der Waals surface area contributed by atoms with Gasteiger partial charge in [0, 0.05) is 49.4 Å². The Kier molecular flexibility index (Phi) is 4.05. The van der Waals surface area contributed by atoms with E-state index in [9.17, 15) is 4.79 Å². The lowest BCUT2D eigenvalue weighted by molar-refractivity contribution is 0.126. The van der Waals surface area contributed by atoms with Gasteiger partial charge in [0.2, 0.25) is 0 Å². The fraction of sp³-hybridized carbons (Fsp3) is 0.409. The maximum atomic E-state index is 12.2. The van der Waals surface area contributed by atoms with Crippen molar-refractivity contribution in [1.82, 2.24) is 9.47 Å². The highest BCUT2D eigenvalue weighted by atomic mass is 16.5. The first-order chi connectivity index (χ1) is 13.2. The van der Waals surface area contributed by atoms with E-state index in [1.807, 2.05) is 22.8 Å². The molecule has 1 saturated heterocycles. The van der Waals surface area contributed by atoms with Gasteiger partial charge in [-0.25, -0.2) is 0 Å². The zero-order valence-corrected chi connectivity index (χ0v) is 15.6. The third kappa shape index (κ3) is 2.96. The Morgan fingerprint density at radius 3 is 2.93 bits per heavy atom. The van der Waals surface area contributed by atoms with Crippen molar-refractivity contribution in [3.05, 3.63) is 63.6 Å². The van der Waals surface area contributed by atoms with Crippen LogP contribution in [0.5, 0.6) is 11.5 Å². The van der Waals surface area contributed by atoms with Crippen molar-refractivity contribution in [2.45, 2.75) is 18.9 Å². The summed E-state index contributed by atoms with van der Waals surface area (Å²) in [6.07, 6.45) is 3.43. The van der Waals surface area contributed by atoms with E-state index in [1.165, 1.54) is 17.7 Å². The highest BCUT2D eigenvalue weighted by molar-refractivity contribution is 5.66. The summed E-state index contributed by atoms with van der Waals surface area (Å²) >= 11 is 0. The Hall–Kier alpha value is -2.53. The van der Waals surface area contributed by atoms with E-state index in [1.54, 1.807) is 13.2 Å². The van der Waals surface area contributed by atoms with Crippen LogP contribution in [0.1, 0.15) is 23.6 Å². The molecular weight excluding hydrogens is 340 g/mol. The molecule has 5 rings (SSSR count). The van der Waals surface area contributed by atoms with E-state index in [-0.39, 0.29) is 5.56 Å². The molecule has 3 aliphatic rings. The molecule has 0 aliphatic carbocycles. The van der Waals surface area contributed by atoms with Crippen LogP contribution in [0.2, 0.25) is 0 Å². The smallest absolute Gasteiger partial charge is 0.250 e. The van der Waals surface area contributed by atoms with Crippen molar-refractivity contribution in [3.63, 3.8) is 0 Å². The van der Waals surface area contributed by atoms with Gasteiger partial charge in [-0.1, -0.05) is 18.2 Å². The van der Waals surface area contributed by atoms with Gasteiger partial charge in [-0.15, -0.1) is 0 Å². The third-order valence-corrected chi connectivity index (χ3v) is 5.97. The number of nitrogens with zero attached hydrogens (tertiary/aromatic N) is 2. The van der Waals surface area contributed by atoms with E-state index >= 15 is 0 Å². The van der Waals surface area contributed by atoms with Crippen LogP contribution in [-0.4, -0.2) is 42.8 Å². The van der Waals surface area contributed by atoms with Crippen molar-refractivity contribution in [2.75, 3.05) is 33.4 Å². The summed E-state index contributed by atoms with van der Waals surface area (Å²) in [5.41, 5.74) is 3.72. The first-order valence-electron chi connectivity index (χ1n) is 9.62. The molecule has 5 nitrogen and oxygen atoms in total. The highest BCUT2D eigenvalue weighted by Gasteiger charge is 2.34. The van der Waals surface area contributed by atoms with Crippen LogP contribution in [0, 0.1) is 5.92 Å². The van der Waals surface area contributed by atoms with Gasteiger partial charge in [0.15, 0.2) is 11.5 Å². The summed E-state index contributed by atoms with van der Waals surface area (Å²) in [6.45, 7) is 4.41. The summed E-state index contributed by atoms with van der Waals surface area (Å²) in [6, 6.07) is 11.7. The zero-order valence-electron chi connectivity index (χ0n) is 15.6. The molecule has 1 aromatic heterocycles. The molecule has 27 heavy (non-hydrogen) atoms. The Balaban J connectivity index is 1.36. The second kappa shape index (κ2) is 6.57. The quantitative estimate of drug-likeness (QED) is 0.840. The van der Waals surface area contributed by atoms with Crippen LogP contribution < -0.4 is 15.0 Å². The average molecular weight is 364 g/mol. The molecule has 140 valence electrons. The molecule has 0 unspecified atom stereocenters. The van der Waals surface area contributed by atoms with Gasteiger partial charge in [0.25, 0.3) is 5.56 Å². The number of hydrogen-bond acceptors (Lipinski definition) is 4. The van der Waals surface area contributed by atoms with Gasteiger partial charge in [-0.3, -0.25) is 9.69 Å². The van der Waals surface area contributed by atoms with Crippen LogP contribution in [-0.2, 0) is 6.54 Å². The van der Waals surface area contributed by atoms with Gasteiger partial charge < -0.3 is 14.0 Å². The number of piperidine rings is 1. The molecule has 2 aromatic rings. The Labute approximate surface area is 158 Å². The predicted octanol–water partition coefficient (Wildman–Crippen LogP) is 2.75. The molecule has 0 amide bonds. The molecular formula is C22H24N2O3. The Morgan fingerprint density at radius 2 is 2.04 bits per heavy atom. The van der Waals surface area contributed by atoms with Crippen molar-refractivity contribution < 1.29 is 9.47 Å².